The molecule has 0 fully saturated rings. The molecule has 1 aromatic carbocycles. The zero-order valence-electron chi connectivity index (χ0n) is 9.09. The Morgan fingerprint density at radius 2 is 2.00 bits per heavy atom. The normalized spacial score (nSPS) is 12.5. The molecule has 0 bridgehead atoms. The lowest BCUT2D eigenvalue weighted by molar-refractivity contribution is 0.0972. The fourth-order valence-corrected chi connectivity index (χ4v) is 1.58. The van der Waals surface area contributed by atoms with E-state index >= 15 is 0 Å². The number of halogens is 1. The summed E-state index contributed by atoms with van der Waals surface area (Å²) in [6, 6.07) is 7.24. The first-order chi connectivity index (χ1) is 7.13. The van der Waals surface area contributed by atoms with Crippen LogP contribution in [0.15, 0.2) is 24.3 Å². The zero-order chi connectivity index (χ0) is 11.3. The van der Waals surface area contributed by atoms with Crippen LogP contribution in [0.5, 0.6) is 0 Å². The lowest BCUT2D eigenvalue weighted by Crippen LogP contribution is -2.28. The minimum absolute atomic E-state index is 0.153. The predicted molar refractivity (Wildman–Crippen MR) is 63.5 cm³/mol. The molecule has 3 heteroatoms. The summed E-state index contributed by atoms with van der Waals surface area (Å²) < 4.78 is 0. The van der Waals surface area contributed by atoms with E-state index in [2.05, 4.69) is 5.32 Å². The molecular formula is C12H16ClNO. The van der Waals surface area contributed by atoms with E-state index < -0.39 is 0 Å². The number of hydrogen-bond acceptors (Lipinski definition) is 2. The van der Waals surface area contributed by atoms with E-state index in [0.29, 0.717) is 11.4 Å². The maximum Gasteiger partial charge on any atom is 0.164 e. The number of rotatable bonds is 5. The SMILES string of the molecule is CCNC(C)CC(=O)c1ccc(Cl)cc1. The van der Waals surface area contributed by atoms with Crippen LogP contribution in [-0.4, -0.2) is 18.4 Å². The van der Waals surface area contributed by atoms with Crippen LogP contribution in [0.3, 0.4) is 0 Å². The van der Waals surface area contributed by atoms with Gasteiger partial charge in [0, 0.05) is 23.0 Å². The number of Topliss-reactive ketones (excluding diaryl/α,β-unsaturated/α-hetero) is 1. The van der Waals surface area contributed by atoms with Gasteiger partial charge in [0.15, 0.2) is 5.78 Å². The van der Waals surface area contributed by atoms with E-state index in [0.717, 1.165) is 12.1 Å². The molecule has 0 spiro atoms. The Kier molecular flexibility index (Phi) is 4.79. The second-order valence-electron chi connectivity index (χ2n) is 3.59. The van der Waals surface area contributed by atoms with Crippen LogP contribution in [0.1, 0.15) is 30.6 Å². The van der Waals surface area contributed by atoms with Gasteiger partial charge in [0.1, 0.15) is 0 Å². The summed E-state index contributed by atoms with van der Waals surface area (Å²) in [5, 5.41) is 3.87. The Hall–Kier alpha value is -0.860. The molecule has 1 atom stereocenters. The van der Waals surface area contributed by atoms with E-state index in [1.54, 1.807) is 24.3 Å². The third-order valence-corrected chi connectivity index (χ3v) is 2.46. The van der Waals surface area contributed by atoms with E-state index in [9.17, 15) is 4.79 Å². The topological polar surface area (TPSA) is 29.1 Å². The number of ketones is 1. The third-order valence-electron chi connectivity index (χ3n) is 2.21. The van der Waals surface area contributed by atoms with Crippen molar-refractivity contribution in [3.05, 3.63) is 34.9 Å². The molecule has 0 amide bonds. The fraction of sp³-hybridized carbons (Fsp3) is 0.417. The molecule has 0 aliphatic carbocycles. The first-order valence-corrected chi connectivity index (χ1v) is 5.53. The second kappa shape index (κ2) is 5.89. The highest BCUT2D eigenvalue weighted by Crippen LogP contribution is 2.11. The smallest absolute Gasteiger partial charge is 0.164 e. The van der Waals surface area contributed by atoms with Crippen molar-refractivity contribution in [2.75, 3.05) is 6.54 Å². The summed E-state index contributed by atoms with van der Waals surface area (Å²) >= 11 is 5.75. The highest BCUT2D eigenvalue weighted by Gasteiger charge is 2.09. The van der Waals surface area contributed by atoms with Crippen LogP contribution >= 0.6 is 11.6 Å². The lowest BCUT2D eigenvalue weighted by Gasteiger charge is -2.10. The molecule has 0 heterocycles. The molecule has 0 saturated heterocycles. The van der Waals surface area contributed by atoms with Crippen molar-refractivity contribution in [2.24, 2.45) is 0 Å². The lowest BCUT2D eigenvalue weighted by atomic mass is 10.0. The average molecular weight is 226 g/mol. The molecule has 0 aliphatic rings. The standard InChI is InChI=1S/C12H16ClNO/c1-3-14-9(2)8-12(15)10-4-6-11(13)7-5-10/h4-7,9,14H,3,8H2,1-2H3. The van der Waals surface area contributed by atoms with Crippen molar-refractivity contribution in [1.29, 1.82) is 0 Å². The number of nitrogens with one attached hydrogen (secondary N) is 1. The van der Waals surface area contributed by atoms with Crippen LogP contribution in [0, 0.1) is 0 Å². The molecule has 2 nitrogen and oxygen atoms in total. The molecule has 0 radical (unpaired) electrons. The largest absolute Gasteiger partial charge is 0.314 e. The predicted octanol–water partition coefficient (Wildman–Crippen LogP) is 2.91. The van der Waals surface area contributed by atoms with Gasteiger partial charge in [-0.15, -0.1) is 0 Å². The molecule has 1 N–H and O–H groups in total. The van der Waals surface area contributed by atoms with E-state index in [1.165, 1.54) is 0 Å². The van der Waals surface area contributed by atoms with Gasteiger partial charge in [0.05, 0.1) is 0 Å². The third kappa shape index (κ3) is 4.02. The van der Waals surface area contributed by atoms with Crippen LogP contribution < -0.4 is 5.32 Å². The number of hydrogen-bond donors (Lipinski definition) is 1. The summed E-state index contributed by atoms with van der Waals surface area (Å²) in [6.45, 7) is 4.93. The summed E-state index contributed by atoms with van der Waals surface area (Å²) in [5.74, 6) is 0.153. The molecular weight excluding hydrogens is 210 g/mol. The summed E-state index contributed by atoms with van der Waals surface area (Å²) in [7, 11) is 0. The minimum Gasteiger partial charge on any atom is -0.314 e. The van der Waals surface area contributed by atoms with Crippen molar-refractivity contribution in [3.8, 4) is 0 Å². The molecule has 0 aromatic heterocycles. The number of carbonyl (C=O) groups excluding carboxylic acids is 1. The molecule has 1 aromatic rings. The van der Waals surface area contributed by atoms with Crippen molar-refractivity contribution < 1.29 is 4.79 Å². The van der Waals surface area contributed by atoms with Crippen LogP contribution in [0.4, 0.5) is 0 Å². The van der Waals surface area contributed by atoms with Crippen molar-refractivity contribution >= 4 is 17.4 Å². The van der Waals surface area contributed by atoms with Crippen LogP contribution in [0.2, 0.25) is 5.02 Å². The monoisotopic (exact) mass is 225 g/mol. The van der Waals surface area contributed by atoms with Crippen LogP contribution in [-0.2, 0) is 0 Å². The van der Waals surface area contributed by atoms with Crippen molar-refractivity contribution in [3.63, 3.8) is 0 Å². The van der Waals surface area contributed by atoms with Gasteiger partial charge in [-0.05, 0) is 37.7 Å². The van der Waals surface area contributed by atoms with Crippen LogP contribution in [0.25, 0.3) is 0 Å². The maximum absolute atomic E-state index is 11.8. The van der Waals surface area contributed by atoms with Gasteiger partial charge in [-0.25, -0.2) is 0 Å². The van der Waals surface area contributed by atoms with Crippen molar-refractivity contribution in [2.45, 2.75) is 26.3 Å². The Balaban J connectivity index is 2.57. The minimum atomic E-state index is 0.153. The Morgan fingerprint density at radius 3 is 2.53 bits per heavy atom. The summed E-state index contributed by atoms with van der Waals surface area (Å²) in [4.78, 5) is 11.8. The van der Waals surface area contributed by atoms with Gasteiger partial charge >= 0.3 is 0 Å². The maximum atomic E-state index is 11.8. The summed E-state index contributed by atoms with van der Waals surface area (Å²) in [5.41, 5.74) is 0.726. The Morgan fingerprint density at radius 1 is 1.40 bits per heavy atom. The first kappa shape index (κ1) is 12.2. The van der Waals surface area contributed by atoms with Gasteiger partial charge in [0.25, 0.3) is 0 Å². The van der Waals surface area contributed by atoms with Gasteiger partial charge < -0.3 is 5.32 Å². The number of benzene rings is 1. The second-order valence-corrected chi connectivity index (χ2v) is 4.03. The van der Waals surface area contributed by atoms with Gasteiger partial charge in [-0.3, -0.25) is 4.79 Å². The van der Waals surface area contributed by atoms with Gasteiger partial charge in [-0.1, -0.05) is 18.5 Å². The van der Waals surface area contributed by atoms with Crippen molar-refractivity contribution in [1.82, 2.24) is 5.32 Å². The molecule has 1 rings (SSSR count). The van der Waals surface area contributed by atoms with E-state index in [-0.39, 0.29) is 11.8 Å². The molecule has 0 saturated carbocycles. The molecule has 15 heavy (non-hydrogen) atoms. The highest BCUT2D eigenvalue weighted by molar-refractivity contribution is 6.30. The number of carbonyl (C=O) groups is 1. The van der Waals surface area contributed by atoms with Gasteiger partial charge in [-0.2, -0.15) is 0 Å². The zero-order valence-corrected chi connectivity index (χ0v) is 9.84. The Labute approximate surface area is 95.6 Å². The Bertz CT molecular complexity index is 321. The molecule has 82 valence electrons. The van der Waals surface area contributed by atoms with Gasteiger partial charge in [0.2, 0.25) is 0 Å². The fourth-order valence-electron chi connectivity index (χ4n) is 1.45. The molecule has 1 unspecified atom stereocenters. The first-order valence-electron chi connectivity index (χ1n) is 5.15. The summed E-state index contributed by atoms with van der Waals surface area (Å²) in [6.07, 6.45) is 0.523. The average Bonchev–Trinajstić information content (AvgIpc) is 2.18. The molecule has 0 aliphatic heterocycles. The highest BCUT2D eigenvalue weighted by atomic mass is 35.5. The quantitative estimate of drug-likeness (QED) is 0.781. The van der Waals surface area contributed by atoms with E-state index in [4.69, 9.17) is 11.6 Å². The van der Waals surface area contributed by atoms with E-state index in [1.807, 2.05) is 13.8 Å².